The molecule has 1 N–H and O–H groups in total. The van der Waals surface area contributed by atoms with Crippen molar-refractivity contribution in [1.29, 1.82) is 0 Å². The lowest BCUT2D eigenvalue weighted by Gasteiger charge is -2.24. The van der Waals surface area contributed by atoms with Crippen molar-refractivity contribution >= 4 is 39.2 Å². The third-order valence-electron chi connectivity index (χ3n) is 4.95. The molecule has 2 amide bonds. The van der Waals surface area contributed by atoms with Gasteiger partial charge in [0.2, 0.25) is 11.8 Å². The zero-order valence-electron chi connectivity index (χ0n) is 19.5. The first kappa shape index (κ1) is 27.1. The Kier molecular flexibility index (Phi) is 9.03. The van der Waals surface area contributed by atoms with Crippen LogP contribution in [0.3, 0.4) is 0 Å². The van der Waals surface area contributed by atoms with Gasteiger partial charge in [0, 0.05) is 43.4 Å². The van der Waals surface area contributed by atoms with Crippen LogP contribution in [0.5, 0.6) is 5.75 Å². The first-order valence-electron chi connectivity index (χ1n) is 10.7. The van der Waals surface area contributed by atoms with Gasteiger partial charge in [0.1, 0.15) is 23.1 Å². The van der Waals surface area contributed by atoms with E-state index < -0.39 is 15.9 Å². The minimum absolute atomic E-state index is 0.0142. The average molecular weight is 535 g/mol. The normalized spacial score (nSPS) is 11.1. The molecule has 0 bridgehead atoms. The fourth-order valence-electron chi connectivity index (χ4n) is 3.29. The number of amides is 2. The highest BCUT2D eigenvalue weighted by atomic mass is 35.5. The highest BCUT2D eigenvalue weighted by Crippen LogP contribution is 2.28. The summed E-state index contributed by atoms with van der Waals surface area (Å²) in [6, 6.07) is 15.5. The quantitative estimate of drug-likeness (QED) is 0.387. The number of hydrogen-bond acceptors (Lipinski definition) is 6. The first-order valence-corrected chi connectivity index (χ1v) is 12.5. The van der Waals surface area contributed by atoms with E-state index in [4.69, 9.17) is 20.5 Å². The SMILES string of the molecule is COCC(=O)N(Cc1ccc(F)cc1)Cc1cc(Cl)ccc1OS(=O)(=O)c1ccc(NC(C)=O)cc1. The van der Waals surface area contributed by atoms with Crippen molar-refractivity contribution in [2.24, 2.45) is 0 Å². The number of halogens is 2. The Morgan fingerprint density at radius 3 is 2.28 bits per heavy atom. The van der Waals surface area contributed by atoms with E-state index in [9.17, 15) is 22.4 Å². The first-order chi connectivity index (χ1) is 17.1. The highest BCUT2D eigenvalue weighted by Gasteiger charge is 2.22. The van der Waals surface area contributed by atoms with Crippen molar-refractivity contribution in [3.05, 3.63) is 88.7 Å². The predicted molar refractivity (Wildman–Crippen MR) is 133 cm³/mol. The molecule has 3 aromatic rings. The van der Waals surface area contributed by atoms with Gasteiger partial charge in [-0.2, -0.15) is 8.42 Å². The van der Waals surface area contributed by atoms with E-state index in [1.165, 1.54) is 73.5 Å². The number of ether oxygens (including phenoxy) is 1. The summed E-state index contributed by atoms with van der Waals surface area (Å²) < 4.78 is 49.6. The Hall–Kier alpha value is -3.47. The summed E-state index contributed by atoms with van der Waals surface area (Å²) in [5.41, 5.74) is 1.44. The third kappa shape index (κ3) is 7.51. The number of anilines is 1. The predicted octanol–water partition coefficient (Wildman–Crippen LogP) is 4.38. The van der Waals surface area contributed by atoms with E-state index in [0.29, 0.717) is 21.8 Å². The molecule has 0 radical (unpaired) electrons. The van der Waals surface area contributed by atoms with Crippen LogP contribution in [-0.2, 0) is 37.5 Å². The molecule has 0 aliphatic carbocycles. The van der Waals surface area contributed by atoms with E-state index in [1.54, 1.807) is 12.1 Å². The van der Waals surface area contributed by atoms with E-state index in [-0.39, 0.29) is 42.2 Å². The summed E-state index contributed by atoms with van der Waals surface area (Å²) >= 11 is 6.16. The van der Waals surface area contributed by atoms with Crippen molar-refractivity contribution < 1.29 is 31.3 Å². The van der Waals surface area contributed by atoms with Crippen LogP contribution in [0.25, 0.3) is 0 Å². The summed E-state index contributed by atoms with van der Waals surface area (Å²) in [5.74, 6) is -1.08. The second kappa shape index (κ2) is 12.0. The maximum absolute atomic E-state index is 13.3. The molecule has 0 unspecified atom stereocenters. The Morgan fingerprint density at radius 1 is 1.00 bits per heavy atom. The van der Waals surface area contributed by atoms with Crippen LogP contribution in [0.1, 0.15) is 18.1 Å². The number of nitrogens with one attached hydrogen (secondary N) is 1. The smallest absolute Gasteiger partial charge is 0.339 e. The Morgan fingerprint density at radius 2 is 1.67 bits per heavy atom. The summed E-state index contributed by atoms with van der Waals surface area (Å²) in [5, 5.41) is 2.87. The average Bonchev–Trinajstić information content (AvgIpc) is 2.82. The molecule has 0 aliphatic rings. The van der Waals surface area contributed by atoms with Crippen molar-refractivity contribution in [2.75, 3.05) is 19.0 Å². The van der Waals surface area contributed by atoms with Gasteiger partial charge in [-0.25, -0.2) is 4.39 Å². The van der Waals surface area contributed by atoms with Gasteiger partial charge in [-0.3, -0.25) is 9.59 Å². The van der Waals surface area contributed by atoms with E-state index in [2.05, 4.69) is 5.32 Å². The van der Waals surface area contributed by atoms with Crippen LogP contribution >= 0.6 is 11.6 Å². The van der Waals surface area contributed by atoms with Crippen LogP contribution in [0.4, 0.5) is 10.1 Å². The van der Waals surface area contributed by atoms with Gasteiger partial charge in [0.25, 0.3) is 0 Å². The van der Waals surface area contributed by atoms with Gasteiger partial charge >= 0.3 is 10.1 Å². The second-order valence-corrected chi connectivity index (χ2v) is 9.79. The van der Waals surface area contributed by atoms with Crippen molar-refractivity contribution in [3.63, 3.8) is 0 Å². The fraction of sp³-hybridized carbons (Fsp3) is 0.200. The molecule has 0 fully saturated rings. The molecule has 8 nitrogen and oxygen atoms in total. The summed E-state index contributed by atoms with van der Waals surface area (Å²) in [7, 11) is -2.87. The number of rotatable bonds is 10. The van der Waals surface area contributed by atoms with Crippen LogP contribution in [0.2, 0.25) is 5.02 Å². The fourth-order valence-corrected chi connectivity index (χ4v) is 4.45. The lowest BCUT2D eigenvalue weighted by atomic mass is 10.1. The number of methoxy groups -OCH3 is 1. The Balaban J connectivity index is 1.88. The monoisotopic (exact) mass is 534 g/mol. The number of benzene rings is 3. The van der Waals surface area contributed by atoms with Gasteiger partial charge in [0.05, 0.1) is 0 Å². The third-order valence-corrected chi connectivity index (χ3v) is 6.44. The molecule has 11 heteroatoms. The molecule has 0 atom stereocenters. The molecule has 0 saturated heterocycles. The molecule has 3 aromatic carbocycles. The van der Waals surface area contributed by atoms with E-state index in [1.807, 2.05) is 0 Å². The minimum Gasteiger partial charge on any atom is -0.379 e. The standard InChI is InChI=1S/C25H24ClFN2O6S/c1-17(30)28-22-8-10-23(11-9-22)36(32,33)35-24-12-5-20(26)13-19(24)15-29(25(31)16-34-2)14-18-3-6-21(27)7-4-18/h3-13H,14-16H2,1-2H3,(H,28,30). The number of nitrogens with zero attached hydrogens (tertiary/aromatic N) is 1. The second-order valence-electron chi connectivity index (χ2n) is 7.80. The molecule has 0 saturated carbocycles. The van der Waals surface area contributed by atoms with Gasteiger partial charge in [-0.1, -0.05) is 23.7 Å². The Bertz CT molecular complexity index is 1330. The van der Waals surface area contributed by atoms with Gasteiger partial charge < -0.3 is 19.1 Å². The summed E-state index contributed by atoms with van der Waals surface area (Å²) in [6.45, 7) is 1.20. The minimum atomic E-state index is -4.25. The number of hydrogen-bond donors (Lipinski definition) is 1. The molecule has 190 valence electrons. The van der Waals surface area contributed by atoms with E-state index >= 15 is 0 Å². The zero-order chi connectivity index (χ0) is 26.3. The van der Waals surface area contributed by atoms with Gasteiger partial charge in [0.15, 0.2) is 0 Å². The molecule has 0 spiro atoms. The molecule has 0 aliphatic heterocycles. The lowest BCUT2D eigenvalue weighted by Crippen LogP contribution is -2.33. The van der Waals surface area contributed by atoms with Crippen LogP contribution in [0, 0.1) is 5.82 Å². The van der Waals surface area contributed by atoms with Crippen molar-refractivity contribution in [2.45, 2.75) is 24.9 Å². The van der Waals surface area contributed by atoms with Crippen LogP contribution < -0.4 is 9.50 Å². The lowest BCUT2D eigenvalue weighted by molar-refractivity contribution is -0.136. The molecule has 0 aromatic heterocycles. The molecular weight excluding hydrogens is 511 g/mol. The Labute approximate surface area is 213 Å². The largest absolute Gasteiger partial charge is 0.379 e. The van der Waals surface area contributed by atoms with E-state index in [0.717, 1.165) is 0 Å². The maximum Gasteiger partial charge on any atom is 0.339 e. The summed E-state index contributed by atoms with van der Waals surface area (Å²) in [6.07, 6.45) is 0. The van der Waals surface area contributed by atoms with Crippen LogP contribution in [-0.4, -0.2) is 38.8 Å². The van der Waals surface area contributed by atoms with Crippen molar-refractivity contribution in [3.8, 4) is 5.75 Å². The maximum atomic E-state index is 13.3. The molecule has 3 rings (SSSR count). The number of carbonyl (C=O) groups is 2. The topological polar surface area (TPSA) is 102 Å². The molecule has 36 heavy (non-hydrogen) atoms. The zero-order valence-corrected chi connectivity index (χ0v) is 21.1. The van der Waals surface area contributed by atoms with Gasteiger partial charge in [-0.05, 0) is 60.2 Å². The number of carbonyl (C=O) groups excluding carboxylic acids is 2. The van der Waals surface area contributed by atoms with Gasteiger partial charge in [-0.15, -0.1) is 0 Å². The van der Waals surface area contributed by atoms with Crippen LogP contribution in [0.15, 0.2) is 71.6 Å². The molecule has 0 heterocycles. The van der Waals surface area contributed by atoms with Crippen molar-refractivity contribution in [1.82, 2.24) is 4.90 Å². The summed E-state index contributed by atoms with van der Waals surface area (Å²) in [4.78, 5) is 25.2. The highest BCUT2D eigenvalue weighted by molar-refractivity contribution is 7.87. The molecular formula is C25H24ClFN2O6S.